The number of hydrogen-bond acceptors (Lipinski definition) is 5. The molecule has 1 aliphatic rings. The number of carbonyl (C=O) groups is 3. The van der Waals surface area contributed by atoms with Crippen molar-refractivity contribution in [3.05, 3.63) is 75.1 Å². The van der Waals surface area contributed by atoms with E-state index < -0.39 is 11.8 Å². The zero-order chi connectivity index (χ0) is 21.7. The van der Waals surface area contributed by atoms with Crippen LogP contribution in [-0.2, 0) is 9.59 Å². The van der Waals surface area contributed by atoms with Gasteiger partial charge in [0, 0.05) is 23.6 Å². The second-order valence-electron chi connectivity index (χ2n) is 6.51. The van der Waals surface area contributed by atoms with E-state index in [-0.39, 0.29) is 18.9 Å². The largest absolute Gasteiger partial charge is 0.292 e. The molecule has 1 aliphatic heterocycles. The van der Waals surface area contributed by atoms with Crippen LogP contribution in [0.2, 0.25) is 5.02 Å². The Hall–Kier alpha value is -2.68. The number of aryl methyl sites for hydroxylation is 1. The number of hydrazine groups is 1. The van der Waals surface area contributed by atoms with Crippen molar-refractivity contribution < 1.29 is 14.4 Å². The lowest BCUT2D eigenvalue weighted by atomic mass is 10.1. The number of amides is 3. The molecule has 3 amide bonds. The molecular formula is C21H18ClN3O3S2. The molecule has 30 heavy (non-hydrogen) atoms. The summed E-state index contributed by atoms with van der Waals surface area (Å²) in [4.78, 5) is 38.6. The summed E-state index contributed by atoms with van der Waals surface area (Å²) in [6.45, 7) is 2.11. The number of nitrogens with zero attached hydrogens (tertiary/aromatic N) is 1. The van der Waals surface area contributed by atoms with E-state index in [0.29, 0.717) is 19.8 Å². The van der Waals surface area contributed by atoms with Crippen LogP contribution in [0.3, 0.4) is 0 Å². The summed E-state index contributed by atoms with van der Waals surface area (Å²) in [5.74, 6) is -1.17. The summed E-state index contributed by atoms with van der Waals surface area (Å²) in [7, 11) is 0. The average molecular weight is 460 g/mol. The van der Waals surface area contributed by atoms with Gasteiger partial charge in [-0.1, -0.05) is 71.5 Å². The fourth-order valence-electron chi connectivity index (χ4n) is 2.61. The smallest absolute Gasteiger partial charge is 0.269 e. The summed E-state index contributed by atoms with van der Waals surface area (Å²) >= 11 is 12.3. The summed E-state index contributed by atoms with van der Waals surface area (Å²) in [6, 6.07) is 14.1. The average Bonchev–Trinajstić information content (AvgIpc) is 2.99. The van der Waals surface area contributed by atoms with Gasteiger partial charge in [0.2, 0.25) is 5.91 Å². The number of thioether (sulfide) groups is 1. The molecule has 2 aromatic carbocycles. The van der Waals surface area contributed by atoms with Crippen LogP contribution in [0, 0.1) is 6.92 Å². The molecule has 0 aromatic heterocycles. The highest BCUT2D eigenvalue weighted by Gasteiger charge is 2.32. The zero-order valence-electron chi connectivity index (χ0n) is 16.0. The highest BCUT2D eigenvalue weighted by Crippen LogP contribution is 2.32. The third kappa shape index (κ3) is 5.69. The molecule has 0 radical (unpaired) electrons. The van der Waals surface area contributed by atoms with Crippen molar-refractivity contribution in [2.75, 3.05) is 6.54 Å². The van der Waals surface area contributed by atoms with Gasteiger partial charge in [0.05, 0.1) is 4.91 Å². The number of rotatable bonds is 5. The summed E-state index contributed by atoms with van der Waals surface area (Å²) in [6.07, 6.45) is 1.77. The van der Waals surface area contributed by atoms with Crippen molar-refractivity contribution in [2.24, 2.45) is 0 Å². The number of thiocarbonyl (C=S) groups is 1. The first-order chi connectivity index (χ1) is 14.3. The van der Waals surface area contributed by atoms with E-state index in [4.69, 9.17) is 23.8 Å². The number of benzene rings is 2. The first kappa shape index (κ1) is 22.0. The maximum atomic E-state index is 12.6. The Balaban J connectivity index is 1.52. The fourth-order valence-corrected chi connectivity index (χ4v) is 4.11. The van der Waals surface area contributed by atoms with Crippen LogP contribution in [0.1, 0.15) is 27.9 Å². The fraction of sp³-hybridized carbons (Fsp3) is 0.143. The maximum Gasteiger partial charge on any atom is 0.269 e. The minimum atomic E-state index is -0.488. The number of nitrogens with one attached hydrogen (secondary N) is 2. The van der Waals surface area contributed by atoms with E-state index in [9.17, 15) is 14.4 Å². The van der Waals surface area contributed by atoms with Crippen molar-refractivity contribution in [3.63, 3.8) is 0 Å². The van der Waals surface area contributed by atoms with Gasteiger partial charge in [-0.3, -0.25) is 30.1 Å². The molecule has 0 spiro atoms. The van der Waals surface area contributed by atoms with E-state index in [0.717, 1.165) is 11.1 Å². The molecule has 9 heteroatoms. The van der Waals surface area contributed by atoms with E-state index in [1.807, 2.05) is 31.2 Å². The maximum absolute atomic E-state index is 12.6. The van der Waals surface area contributed by atoms with Gasteiger partial charge in [-0.05, 0) is 36.8 Å². The monoisotopic (exact) mass is 459 g/mol. The van der Waals surface area contributed by atoms with Gasteiger partial charge < -0.3 is 0 Å². The van der Waals surface area contributed by atoms with Crippen LogP contribution in [0.25, 0.3) is 6.08 Å². The molecule has 2 N–H and O–H groups in total. The van der Waals surface area contributed by atoms with Gasteiger partial charge in [0.15, 0.2) is 0 Å². The van der Waals surface area contributed by atoms with E-state index in [1.165, 1.54) is 22.7 Å². The van der Waals surface area contributed by atoms with Crippen LogP contribution in [0.15, 0.2) is 53.4 Å². The molecule has 2 aromatic rings. The third-order valence-electron chi connectivity index (χ3n) is 4.21. The van der Waals surface area contributed by atoms with Gasteiger partial charge in [-0.25, -0.2) is 0 Å². The second-order valence-corrected chi connectivity index (χ2v) is 8.62. The number of carbonyl (C=O) groups excluding carboxylic acids is 3. The van der Waals surface area contributed by atoms with E-state index in [2.05, 4.69) is 10.9 Å². The molecule has 154 valence electrons. The topological polar surface area (TPSA) is 78.5 Å². The standard InChI is InChI=1S/C21H18ClN3O3S2/c1-13-5-7-14(8-6-13)11-17-20(28)25(21(29)30-17)10-9-18(26)23-24-19(27)15-3-2-4-16(22)12-15/h2-8,11-12H,9-10H2,1H3,(H,23,26)(H,24,27)/b17-11-. The first-order valence-electron chi connectivity index (χ1n) is 9.00. The van der Waals surface area contributed by atoms with Crippen molar-refractivity contribution >= 4 is 63.7 Å². The normalized spacial score (nSPS) is 14.9. The second kappa shape index (κ2) is 9.88. The van der Waals surface area contributed by atoms with E-state index >= 15 is 0 Å². The van der Waals surface area contributed by atoms with Crippen molar-refractivity contribution in [1.82, 2.24) is 15.8 Å². The van der Waals surface area contributed by atoms with E-state index in [1.54, 1.807) is 24.3 Å². The molecule has 0 bridgehead atoms. The molecule has 6 nitrogen and oxygen atoms in total. The predicted octanol–water partition coefficient (Wildman–Crippen LogP) is 3.70. The van der Waals surface area contributed by atoms with Gasteiger partial charge in [0.1, 0.15) is 4.32 Å². The van der Waals surface area contributed by atoms with Crippen LogP contribution >= 0.6 is 35.6 Å². The molecule has 1 heterocycles. The van der Waals surface area contributed by atoms with Crippen molar-refractivity contribution in [1.29, 1.82) is 0 Å². The quantitative estimate of drug-likeness (QED) is 0.405. The highest BCUT2D eigenvalue weighted by molar-refractivity contribution is 8.26. The summed E-state index contributed by atoms with van der Waals surface area (Å²) in [5.41, 5.74) is 7.00. The molecule has 0 aliphatic carbocycles. The Morgan fingerprint density at radius 1 is 1.17 bits per heavy atom. The lowest BCUT2D eigenvalue weighted by Gasteiger charge is -2.14. The van der Waals surface area contributed by atoms with Gasteiger partial charge in [-0.15, -0.1) is 0 Å². The zero-order valence-corrected chi connectivity index (χ0v) is 18.4. The van der Waals surface area contributed by atoms with Crippen LogP contribution in [0.5, 0.6) is 0 Å². The Bertz CT molecular complexity index is 1040. The Morgan fingerprint density at radius 2 is 1.90 bits per heavy atom. The summed E-state index contributed by atoms with van der Waals surface area (Å²) in [5, 5.41) is 0.419. The molecule has 0 saturated carbocycles. The molecular weight excluding hydrogens is 442 g/mol. The highest BCUT2D eigenvalue weighted by atomic mass is 35.5. The molecule has 3 rings (SSSR count). The van der Waals surface area contributed by atoms with Crippen LogP contribution < -0.4 is 10.9 Å². The van der Waals surface area contributed by atoms with Gasteiger partial charge in [-0.2, -0.15) is 0 Å². The summed E-state index contributed by atoms with van der Waals surface area (Å²) < 4.78 is 0.397. The minimum absolute atomic E-state index is 0.0138. The van der Waals surface area contributed by atoms with Crippen molar-refractivity contribution in [3.8, 4) is 0 Å². The van der Waals surface area contributed by atoms with Crippen LogP contribution in [-0.4, -0.2) is 33.5 Å². The third-order valence-corrected chi connectivity index (χ3v) is 5.83. The van der Waals surface area contributed by atoms with Gasteiger partial charge >= 0.3 is 0 Å². The lowest BCUT2D eigenvalue weighted by molar-refractivity contribution is -0.124. The first-order valence-corrected chi connectivity index (χ1v) is 10.6. The number of hydrogen-bond donors (Lipinski definition) is 2. The van der Waals surface area contributed by atoms with Crippen molar-refractivity contribution in [2.45, 2.75) is 13.3 Å². The predicted molar refractivity (Wildman–Crippen MR) is 123 cm³/mol. The Kier molecular flexibility index (Phi) is 7.25. The number of halogens is 1. The molecule has 1 saturated heterocycles. The lowest BCUT2D eigenvalue weighted by Crippen LogP contribution is -2.43. The Morgan fingerprint density at radius 3 is 2.60 bits per heavy atom. The SMILES string of the molecule is Cc1ccc(/C=C2\SC(=S)N(CCC(=O)NNC(=O)c3cccc(Cl)c3)C2=O)cc1. The van der Waals surface area contributed by atoms with Crippen LogP contribution in [0.4, 0.5) is 0 Å². The van der Waals surface area contributed by atoms with Gasteiger partial charge in [0.25, 0.3) is 11.8 Å². The molecule has 0 atom stereocenters. The molecule has 0 unspecified atom stereocenters. The Labute approximate surface area is 188 Å². The minimum Gasteiger partial charge on any atom is -0.292 e. The molecule has 1 fully saturated rings.